The second kappa shape index (κ2) is 3.45. The summed E-state index contributed by atoms with van der Waals surface area (Å²) in [5, 5.41) is -0.158. The summed E-state index contributed by atoms with van der Waals surface area (Å²) >= 11 is 8.41. The third-order valence-corrected chi connectivity index (χ3v) is 1.82. The molecule has 1 heterocycles. The molecule has 0 bridgehead atoms. The van der Waals surface area contributed by atoms with Gasteiger partial charge < -0.3 is 0 Å². The number of hydrogen-bond acceptors (Lipinski definition) is 1. The molecule has 0 saturated carbocycles. The maximum absolute atomic E-state index is 12.0. The largest absolute Gasteiger partial charge is 0.266 e. The Bertz CT molecular complexity index is 267. The Morgan fingerprint density at radius 1 is 1.45 bits per heavy atom. The molecule has 1 aromatic heterocycles. The average molecular weight is 242 g/mol. The molecule has 0 radical (unpaired) electrons. The highest BCUT2D eigenvalue weighted by Crippen LogP contribution is 2.26. The lowest BCUT2D eigenvalue weighted by atomic mass is 10.3. The predicted octanol–water partition coefficient (Wildman–Crippen LogP) is 3.44. The number of rotatable bonds is 1. The molecule has 0 fully saturated rings. The van der Waals surface area contributed by atoms with Crippen molar-refractivity contribution in [1.29, 1.82) is 0 Å². The van der Waals surface area contributed by atoms with Crippen LogP contribution in [-0.4, -0.2) is 4.98 Å². The molecular formula is C6H3BrClF2N. The molecule has 0 aliphatic heterocycles. The number of alkyl halides is 2. The number of pyridine rings is 1. The van der Waals surface area contributed by atoms with Gasteiger partial charge in [-0.25, -0.2) is 13.8 Å². The minimum absolute atomic E-state index is 0.158. The molecule has 60 valence electrons. The van der Waals surface area contributed by atoms with Crippen molar-refractivity contribution in [3.8, 4) is 0 Å². The van der Waals surface area contributed by atoms with Crippen molar-refractivity contribution in [1.82, 2.24) is 4.98 Å². The summed E-state index contributed by atoms with van der Waals surface area (Å²) in [6, 6.07) is 2.66. The van der Waals surface area contributed by atoms with Gasteiger partial charge in [-0.15, -0.1) is 0 Å². The van der Waals surface area contributed by atoms with Crippen LogP contribution in [0.15, 0.2) is 16.7 Å². The zero-order chi connectivity index (χ0) is 8.43. The molecule has 0 saturated heterocycles. The van der Waals surface area contributed by atoms with Gasteiger partial charge in [-0.2, -0.15) is 0 Å². The molecule has 0 aliphatic rings. The fraction of sp³-hybridized carbons (Fsp3) is 0.167. The van der Waals surface area contributed by atoms with Crippen molar-refractivity contribution in [2.75, 3.05) is 0 Å². The van der Waals surface area contributed by atoms with Crippen molar-refractivity contribution >= 4 is 27.5 Å². The Morgan fingerprint density at radius 2 is 2.09 bits per heavy atom. The summed E-state index contributed by atoms with van der Waals surface area (Å²) < 4.78 is 24.5. The van der Waals surface area contributed by atoms with Gasteiger partial charge in [0.15, 0.2) is 0 Å². The smallest absolute Gasteiger partial charge is 0.229 e. The van der Waals surface area contributed by atoms with Gasteiger partial charge in [0.2, 0.25) is 0 Å². The van der Waals surface area contributed by atoms with Crippen LogP contribution in [0.3, 0.4) is 0 Å². The van der Waals surface area contributed by atoms with Gasteiger partial charge in [0, 0.05) is 0 Å². The zero-order valence-corrected chi connectivity index (χ0v) is 7.53. The van der Waals surface area contributed by atoms with Gasteiger partial charge in [0.25, 0.3) is 6.43 Å². The Morgan fingerprint density at radius 3 is 2.55 bits per heavy atom. The van der Waals surface area contributed by atoms with Crippen LogP contribution in [0.5, 0.6) is 0 Å². The van der Waals surface area contributed by atoms with E-state index in [4.69, 9.17) is 11.6 Å². The van der Waals surface area contributed by atoms with Crippen LogP contribution < -0.4 is 0 Å². The first-order valence-electron chi connectivity index (χ1n) is 2.71. The lowest BCUT2D eigenvalue weighted by Crippen LogP contribution is -1.88. The van der Waals surface area contributed by atoms with Crippen molar-refractivity contribution in [3.63, 3.8) is 0 Å². The standard InChI is InChI=1S/C6H3BrClF2N/c7-4-2-1-3(6(9)10)5(8)11-4/h1-2,6H. The second-order valence-electron chi connectivity index (χ2n) is 1.81. The topological polar surface area (TPSA) is 12.9 Å². The normalized spacial score (nSPS) is 10.6. The van der Waals surface area contributed by atoms with Crippen molar-refractivity contribution in [2.24, 2.45) is 0 Å². The molecule has 0 unspecified atom stereocenters. The van der Waals surface area contributed by atoms with E-state index in [1.807, 2.05) is 0 Å². The molecule has 0 aromatic carbocycles. The molecule has 0 aliphatic carbocycles. The van der Waals surface area contributed by atoms with Crippen molar-refractivity contribution < 1.29 is 8.78 Å². The maximum Gasteiger partial charge on any atom is 0.266 e. The van der Waals surface area contributed by atoms with Crippen LogP contribution in [0.1, 0.15) is 12.0 Å². The minimum atomic E-state index is -2.57. The van der Waals surface area contributed by atoms with E-state index in [9.17, 15) is 8.78 Å². The highest BCUT2D eigenvalue weighted by Gasteiger charge is 2.12. The monoisotopic (exact) mass is 241 g/mol. The first-order valence-corrected chi connectivity index (χ1v) is 3.88. The fourth-order valence-corrected chi connectivity index (χ4v) is 1.23. The predicted molar refractivity (Wildman–Crippen MR) is 41.9 cm³/mol. The van der Waals surface area contributed by atoms with Gasteiger partial charge in [-0.3, -0.25) is 0 Å². The summed E-state index contributed by atoms with van der Waals surface area (Å²) in [6.45, 7) is 0. The van der Waals surface area contributed by atoms with Gasteiger partial charge in [-0.05, 0) is 28.1 Å². The zero-order valence-electron chi connectivity index (χ0n) is 5.19. The van der Waals surface area contributed by atoms with Crippen LogP contribution in [-0.2, 0) is 0 Å². The van der Waals surface area contributed by atoms with Crippen LogP contribution in [0.4, 0.5) is 8.78 Å². The minimum Gasteiger partial charge on any atom is -0.229 e. The molecule has 5 heteroatoms. The fourth-order valence-electron chi connectivity index (χ4n) is 0.586. The molecule has 1 rings (SSSR count). The number of nitrogens with zero attached hydrogens (tertiary/aromatic N) is 1. The van der Waals surface area contributed by atoms with Gasteiger partial charge in [0.1, 0.15) is 9.76 Å². The Labute approximate surface area is 75.5 Å². The molecule has 0 atom stereocenters. The van der Waals surface area contributed by atoms with Gasteiger partial charge >= 0.3 is 0 Å². The van der Waals surface area contributed by atoms with E-state index >= 15 is 0 Å². The first kappa shape index (κ1) is 8.87. The highest BCUT2D eigenvalue weighted by molar-refractivity contribution is 9.10. The van der Waals surface area contributed by atoms with E-state index in [1.54, 1.807) is 0 Å². The summed E-state index contributed by atoms with van der Waals surface area (Å²) in [6.07, 6.45) is -2.57. The van der Waals surface area contributed by atoms with E-state index in [0.717, 1.165) is 0 Å². The molecule has 0 spiro atoms. The van der Waals surface area contributed by atoms with Crippen LogP contribution in [0, 0.1) is 0 Å². The summed E-state index contributed by atoms with van der Waals surface area (Å²) in [7, 11) is 0. The number of aromatic nitrogens is 1. The van der Waals surface area contributed by atoms with Crippen LogP contribution in [0.2, 0.25) is 5.15 Å². The highest BCUT2D eigenvalue weighted by atomic mass is 79.9. The van der Waals surface area contributed by atoms with E-state index in [1.165, 1.54) is 12.1 Å². The van der Waals surface area contributed by atoms with E-state index < -0.39 is 6.43 Å². The molecule has 1 aromatic rings. The molecule has 1 nitrogen and oxygen atoms in total. The lowest BCUT2D eigenvalue weighted by molar-refractivity contribution is 0.151. The van der Waals surface area contributed by atoms with Crippen LogP contribution in [0.25, 0.3) is 0 Å². The molecule has 0 N–H and O–H groups in total. The summed E-state index contributed by atoms with van der Waals surface area (Å²) in [5.74, 6) is 0. The summed E-state index contributed by atoms with van der Waals surface area (Å²) in [5.41, 5.74) is -0.241. The lowest BCUT2D eigenvalue weighted by Gasteiger charge is -2.00. The van der Waals surface area contributed by atoms with Gasteiger partial charge in [0.05, 0.1) is 5.56 Å². The SMILES string of the molecule is FC(F)c1ccc(Br)nc1Cl. The van der Waals surface area contributed by atoms with E-state index in [0.29, 0.717) is 4.60 Å². The Kier molecular flexibility index (Phi) is 2.78. The second-order valence-corrected chi connectivity index (χ2v) is 2.99. The van der Waals surface area contributed by atoms with Crippen molar-refractivity contribution in [3.05, 3.63) is 27.5 Å². The molecule has 11 heavy (non-hydrogen) atoms. The average Bonchev–Trinajstić information content (AvgIpc) is 1.85. The van der Waals surface area contributed by atoms with Gasteiger partial charge in [-0.1, -0.05) is 11.6 Å². The van der Waals surface area contributed by atoms with E-state index in [-0.39, 0.29) is 10.7 Å². The first-order chi connectivity index (χ1) is 5.11. The number of hydrogen-bond donors (Lipinski definition) is 0. The summed E-state index contributed by atoms with van der Waals surface area (Å²) in [4.78, 5) is 3.60. The van der Waals surface area contributed by atoms with Crippen molar-refractivity contribution in [2.45, 2.75) is 6.43 Å². The quantitative estimate of drug-likeness (QED) is 0.688. The number of halogens is 4. The van der Waals surface area contributed by atoms with E-state index in [2.05, 4.69) is 20.9 Å². The Balaban J connectivity index is 3.09. The Hall–Kier alpha value is -0.220. The third-order valence-electron chi connectivity index (χ3n) is 1.08. The molecular weight excluding hydrogens is 239 g/mol. The molecule has 0 amide bonds. The van der Waals surface area contributed by atoms with Crippen LogP contribution >= 0.6 is 27.5 Å². The maximum atomic E-state index is 12.0. The third kappa shape index (κ3) is 2.10.